The van der Waals surface area contributed by atoms with Crippen LogP contribution < -0.4 is 10.2 Å². The van der Waals surface area contributed by atoms with Gasteiger partial charge in [-0.05, 0) is 55.7 Å². The number of nitriles is 1. The first-order valence-corrected chi connectivity index (χ1v) is 9.80. The molecule has 0 saturated carbocycles. The summed E-state index contributed by atoms with van der Waals surface area (Å²) in [6, 6.07) is 12.4. The highest BCUT2D eigenvalue weighted by Crippen LogP contribution is 2.23. The first-order chi connectivity index (χ1) is 14.1. The maximum absolute atomic E-state index is 12.6. The van der Waals surface area contributed by atoms with E-state index < -0.39 is 0 Å². The number of nitrogens with zero attached hydrogens (tertiary/aromatic N) is 3. The van der Waals surface area contributed by atoms with E-state index in [0.29, 0.717) is 23.4 Å². The number of hydrogen-bond acceptors (Lipinski definition) is 6. The van der Waals surface area contributed by atoms with Crippen molar-refractivity contribution in [2.45, 2.75) is 26.2 Å². The van der Waals surface area contributed by atoms with Gasteiger partial charge in [0.25, 0.3) is 0 Å². The SMILES string of the molecule is CCCOC(=O)c1ccc(NC(=O)C2CCN(c3ccc(C#N)cn3)CC2)cc1. The van der Waals surface area contributed by atoms with Gasteiger partial charge < -0.3 is 15.0 Å². The molecule has 1 aromatic carbocycles. The number of piperidine rings is 1. The minimum atomic E-state index is -0.353. The topological polar surface area (TPSA) is 95.3 Å². The number of rotatable bonds is 6. The van der Waals surface area contributed by atoms with Crippen molar-refractivity contribution in [2.75, 3.05) is 29.9 Å². The van der Waals surface area contributed by atoms with E-state index in [2.05, 4.69) is 21.3 Å². The van der Waals surface area contributed by atoms with Gasteiger partial charge in [0.15, 0.2) is 0 Å². The molecule has 1 aliphatic heterocycles. The van der Waals surface area contributed by atoms with Crippen LogP contribution in [0, 0.1) is 17.2 Å². The maximum atomic E-state index is 12.6. The van der Waals surface area contributed by atoms with Crippen molar-refractivity contribution in [3.63, 3.8) is 0 Å². The second kappa shape index (κ2) is 9.69. The highest BCUT2D eigenvalue weighted by atomic mass is 16.5. The van der Waals surface area contributed by atoms with Gasteiger partial charge in [-0.15, -0.1) is 0 Å². The van der Waals surface area contributed by atoms with E-state index in [4.69, 9.17) is 10.00 Å². The number of aromatic nitrogens is 1. The van der Waals surface area contributed by atoms with Crippen molar-refractivity contribution in [1.82, 2.24) is 4.98 Å². The number of ether oxygens (including phenoxy) is 1. The minimum Gasteiger partial charge on any atom is -0.462 e. The molecule has 1 saturated heterocycles. The monoisotopic (exact) mass is 392 g/mol. The smallest absolute Gasteiger partial charge is 0.338 e. The summed E-state index contributed by atoms with van der Waals surface area (Å²) in [5.41, 5.74) is 1.67. The fraction of sp³-hybridized carbons (Fsp3) is 0.364. The van der Waals surface area contributed by atoms with E-state index in [-0.39, 0.29) is 17.8 Å². The summed E-state index contributed by atoms with van der Waals surface area (Å²) in [6.45, 7) is 3.81. The van der Waals surface area contributed by atoms with Crippen molar-refractivity contribution in [3.05, 3.63) is 53.7 Å². The van der Waals surface area contributed by atoms with Gasteiger partial charge in [0.1, 0.15) is 11.9 Å². The van der Waals surface area contributed by atoms with Gasteiger partial charge in [0, 0.05) is 30.9 Å². The lowest BCUT2D eigenvalue weighted by molar-refractivity contribution is -0.120. The molecule has 1 aliphatic rings. The van der Waals surface area contributed by atoms with Crippen molar-refractivity contribution in [2.24, 2.45) is 5.92 Å². The molecule has 2 aromatic rings. The molecule has 0 aliphatic carbocycles. The van der Waals surface area contributed by atoms with Crippen molar-refractivity contribution >= 4 is 23.4 Å². The van der Waals surface area contributed by atoms with E-state index >= 15 is 0 Å². The Morgan fingerprint density at radius 2 is 1.93 bits per heavy atom. The van der Waals surface area contributed by atoms with Crippen LogP contribution in [0.2, 0.25) is 0 Å². The zero-order valence-electron chi connectivity index (χ0n) is 16.4. The summed E-state index contributed by atoms with van der Waals surface area (Å²) in [7, 11) is 0. The molecule has 1 N–H and O–H groups in total. The molecular weight excluding hydrogens is 368 g/mol. The molecule has 7 nitrogen and oxygen atoms in total. The normalized spacial score (nSPS) is 14.1. The zero-order chi connectivity index (χ0) is 20.6. The summed E-state index contributed by atoms with van der Waals surface area (Å²) < 4.78 is 5.10. The average Bonchev–Trinajstić information content (AvgIpc) is 2.78. The molecule has 1 fully saturated rings. The van der Waals surface area contributed by atoms with Crippen LogP contribution >= 0.6 is 0 Å². The number of benzene rings is 1. The first kappa shape index (κ1) is 20.3. The number of carbonyl (C=O) groups is 2. The molecule has 0 spiro atoms. The average molecular weight is 392 g/mol. The summed E-state index contributed by atoms with van der Waals surface area (Å²) in [5, 5.41) is 11.8. The molecule has 3 rings (SSSR count). The molecule has 0 bridgehead atoms. The Balaban J connectivity index is 1.50. The van der Waals surface area contributed by atoms with Crippen LogP contribution in [0.4, 0.5) is 11.5 Å². The lowest BCUT2D eigenvalue weighted by Gasteiger charge is -2.32. The third-order valence-electron chi connectivity index (χ3n) is 4.89. The van der Waals surface area contributed by atoms with Gasteiger partial charge in [0.2, 0.25) is 5.91 Å². The van der Waals surface area contributed by atoms with Gasteiger partial charge in [0.05, 0.1) is 17.7 Å². The first-order valence-electron chi connectivity index (χ1n) is 9.80. The van der Waals surface area contributed by atoms with E-state index in [1.807, 2.05) is 13.0 Å². The van der Waals surface area contributed by atoms with Crippen molar-refractivity contribution in [1.29, 1.82) is 5.26 Å². The Morgan fingerprint density at radius 1 is 1.21 bits per heavy atom. The Kier molecular flexibility index (Phi) is 6.80. The standard InChI is InChI=1S/C22H24N4O3/c1-2-13-29-22(28)18-4-6-19(7-5-18)25-21(27)17-9-11-26(12-10-17)20-8-3-16(14-23)15-24-20/h3-8,15,17H,2,9-13H2,1H3,(H,25,27). The highest BCUT2D eigenvalue weighted by Gasteiger charge is 2.25. The third kappa shape index (κ3) is 5.32. The Morgan fingerprint density at radius 3 is 2.52 bits per heavy atom. The van der Waals surface area contributed by atoms with Crippen LogP contribution in [0.25, 0.3) is 0 Å². The minimum absolute atomic E-state index is 0.0150. The molecular formula is C22H24N4O3. The quantitative estimate of drug-likeness (QED) is 0.757. The highest BCUT2D eigenvalue weighted by molar-refractivity contribution is 5.94. The van der Waals surface area contributed by atoms with E-state index in [0.717, 1.165) is 38.2 Å². The number of hydrogen-bond donors (Lipinski definition) is 1. The lowest BCUT2D eigenvalue weighted by Crippen LogP contribution is -2.38. The maximum Gasteiger partial charge on any atom is 0.338 e. The zero-order valence-corrected chi connectivity index (χ0v) is 16.4. The second-order valence-corrected chi connectivity index (χ2v) is 6.98. The molecule has 7 heteroatoms. The predicted octanol–water partition coefficient (Wildman–Crippen LogP) is 3.38. The number of anilines is 2. The van der Waals surface area contributed by atoms with Gasteiger partial charge >= 0.3 is 5.97 Å². The number of esters is 1. The molecule has 1 amide bonds. The Hall–Kier alpha value is -3.40. The number of carbonyl (C=O) groups excluding carboxylic acids is 2. The fourth-order valence-corrected chi connectivity index (χ4v) is 3.22. The van der Waals surface area contributed by atoms with E-state index in [9.17, 15) is 9.59 Å². The summed E-state index contributed by atoms with van der Waals surface area (Å²) in [6.07, 6.45) is 3.81. The van der Waals surface area contributed by atoms with E-state index in [1.54, 1.807) is 36.5 Å². The van der Waals surface area contributed by atoms with Crippen LogP contribution in [0.3, 0.4) is 0 Å². The van der Waals surface area contributed by atoms with Crippen molar-refractivity contribution in [3.8, 4) is 6.07 Å². The molecule has 150 valence electrons. The molecule has 0 atom stereocenters. The predicted molar refractivity (Wildman–Crippen MR) is 110 cm³/mol. The van der Waals surface area contributed by atoms with E-state index in [1.165, 1.54) is 0 Å². The van der Waals surface area contributed by atoms with Crippen LogP contribution in [-0.4, -0.2) is 36.6 Å². The van der Waals surface area contributed by atoms with Gasteiger partial charge in [-0.2, -0.15) is 5.26 Å². The Labute approximate surface area is 170 Å². The largest absolute Gasteiger partial charge is 0.462 e. The van der Waals surface area contributed by atoms with Crippen molar-refractivity contribution < 1.29 is 14.3 Å². The molecule has 0 radical (unpaired) electrons. The van der Waals surface area contributed by atoms with Gasteiger partial charge in [-0.25, -0.2) is 9.78 Å². The van der Waals surface area contributed by atoms with Crippen LogP contribution in [-0.2, 0) is 9.53 Å². The number of pyridine rings is 1. The third-order valence-corrected chi connectivity index (χ3v) is 4.89. The van der Waals surface area contributed by atoms with Crippen LogP contribution in [0.5, 0.6) is 0 Å². The second-order valence-electron chi connectivity index (χ2n) is 6.98. The summed E-state index contributed by atoms with van der Waals surface area (Å²) in [4.78, 5) is 30.9. The van der Waals surface area contributed by atoms with Crippen LogP contribution in [0.15, 0.2) is 42.6 Å². The van der Waals surface area contributed by atoms with Gasteiger partial charge in [-0.1, -0.05) is 6.92 Å². The number of nitrogens with one attached hydrogen (secondary N) is 1. The fourth-order valence-electron chi connectivity index (χ4n) is 3.22. The summed E-state index contributed by atoms with van der Waals surface area (Å²) in [5.74, 6) is 0.388. The Bertz CT molecular complexity index is 880. The number of amides is 1. The molecule has 29 heavy (non-hydrogen) atoms. The summed E-state index contributed by atoms with van der Waals surface area (Å²) >= 11 is 0. The lowest BCUT2D eigenvalue weighted by atomic mass is 9.95. The van der Waals surface area contributed by atoms with Gasteiger partial charge in [-0.3, -0.25) is 4.79 Å². The van der Waals surface area contributed by atoms with Crippen LogP contribution in [0.1, 0.15) is 42.1 Å². The molecule has 2 heterocycles. The molecule has 1 aromatic heterocycles. The molecule has 0 unspecified atom stereocenters.